The molecule has 1 aliphatic carbocycles. The molecular weight excluding hydrogens is 325 g/mol. The predicted octanol–water partition coefficient (Wildman–Crippen LogP) is 2.77. The van der Waals surface area contributed by atoms with Crippen molar-refractivity contribution in [2.24, 2.45) is 0 Å². The summed E-state index contributed by atoms with van der Waals surface area (Å²) in [6.45, 7) is 0.127. The third kappa shape index (κ3) is 3.07. The second-order valence-electron chi connectivity index (χ2n) is 4.89. The van der Waals surface area contributed by atoms with Gasteiger partial charge in [0.05, 0.1) is 18.4 Å². The zero-order valence-corrected chi connectivity index (χ0v) is 12.2. The van der Waals surface area contributed by atoms with Gasteiger partial charge < -0.3 is 5.32 Å². The molecule has 0 unspecified atom stereocenters. The average Bonchev–Trinajstić information content (AvgIpc) is 3.19. The Balaban J connectivity index is 1.81. The molecule has 0 radical (unpaired) electrons. The average molecular weight is 338 g/mol. The van der Waals surface area contributed by atoms with Crippen LogP contribution in [0.2, 0.25) is 0 Å². The first-order valence-electron chi connectivity index (χ1n) is 6.39. The van der Waals surface area contributed by atoms with Crippen LogP contribution in [0, 0.1) is 5.82 Å². The van der Waals surface area contributed by atoms with Crippen molar-refractivity contribution in [3.8, 4) is 0 Å². The van der Waals surface area contributed by atoms with Gasteiger partial charge in [-0.2, -0.15) is 5.10 Å². The Morgan fingerprint density at radius 2 is 2.20 bits per heavy atom. The summed E-state index contributed by atoms with van der Waals surface area (Å²) >= 11 is 3.20. The van der Waals surface area contributed by atoms with Crippen molar-refractivity contribution in [1.82, 2.24) is 9.78 Å². The molecule has 0 spiro atoms. The first-order valence-corrected chi connectivity index (χ1v) is 7.19. The van der Waals surface area contributed by atoms with Gasteiger partial charge >= 0.3 is 0 Å². The maximum absolute atomic E-state index is 13.7. The molecule has 1 N–H and O–H groups in total. The van der Waals surface area contributed by atoms with E-state index in [4.69, 9.17) is 0 Å². The van der Waals surface area contributed by atoms with Gasteiger partial charge in [0.25, 0.3) is 5.56 Å². The number of anilines is 1. The van der Waals surface area contributed by atoms with Crippen LogP contribution in [0.15, 0.2) is 39.7 Å². The molecule has 20 heavy (non-hydrogen) atoms. The third-order valence-electron chi connectivity index (χ3n) is 3.15. The summed E-state index contributed by atoms with van der Waals surface area (Å²) in [5.41, 5.74) is 0.925. The van der Waals surface area contributed by atoms with Gasteiger partial charge in [-0.15, -0.1) is 0 Å². The Kier molecular flexibility index (Phi) is 3.56. The van der Waals surface area contributed by atoms with E-state index in [9.17, 15) is 9.18 Å². The zero-order valence-electron chi connectivity index (χ0n) is 10.6. The molecule has 3 rings (SSSR count). The highest BCUT2D eigenvalue weighted by molar-refractivity contribution is 9.10. The van der Waals surface area contributed by atoms with Crippen molar-refractivity contribution in [3.63, 3.8) is 0 Å². The van der Waals surface area contributed by atoms with E-state index in [2.05, 4.69) is 26.3 Å². The van der Waals surface area contributed by atoms with Gasteiger partial charge in [-0.3, -0.25) is 4.79 Å². The van der Waals surface area contributed by atoms with Crippen LogP contribution >= 0.6 is 15.9 Å². The van der Waals surface area contributed by atoms with Crippen LogP contribution in [0.5, 0.6) is 0 Å². The molecular formula is C14H13BrFN3O. The van der Waals surface area contributed by atoms with Gasteiger partial charge in [-0.25, -0.2) is 9.07 Å². The summed E-state index contributed by atoms with van der Waals surface area (Å²) in [4.78, 5) is 12.0. The monoisotopic (exact) mass is 337 g/mol. The van der Waals surface area contributed by atoms with Gasteiger partial charge in [0, 0.05) is 22.1 Å². The number of hydrogen-bond acceptors (Lipinski definition) is 3. The molecule has 0 aliphatic heterocycles. The minimum absolute atomic E-state index is 0.127. The number of aromatic nitrogens is 2. The molecule has 0 amide bonds. The number of halogens is 2. The normalized spacial score (nSPS) is 14.3. The molecule has 0 bridgehead atoms. The van der Waals surface area contributed by atoms with Gasteiger partial charge in [0.2, 0.25) is 0 Å². The van der Waals surface area contributed by atoms with E-state index >= 15 is 0 Å². The smallest absolute Gasteiger partial charge is 0.269 e. The van der Waals surface area contributed by atoms with E-state index in [-0.39, 0.29) is 17.9 Å². The first-order chi connectivity index (χ1) is 9.61. The van der Waals surface area contributed by atoms with Crippen molar-refractivity contribution in [2.45, 2.75) is 25.4 Å². The van der Waals surface area contributed by atoms with Crippen LogP contribution in [0.1, 0.15) is 18.4 Å². The number of benzene rings is 1. The van der Waals surface area contributed by atoms with E-state index < -0.39 is 0 Å². The molecule has 104 valence electrons. The van der Waals surface area contributed by atoms with Crippen molar-refractivity contribution < 1.29 is 4.39 Å². The third-order valence-corrected chi connectivity index (χ3v) is 3.65. The summed E-state index contributed by atoms with van der Waals surface area (Å²) in [6.07, 6.45) is 3.87. The second kappa shape index (κ2) is 5.36. The topological polar surface area (TPSA) is 46.9 Å². The summed E-state index contributed by atoms with van der Waals surface area (Å²) in [7, 11) is 0. The minimum Gasteiger partial charge on any atom is -0.381 e. The number of nitrogens with zero attached hydrogens (tertiary/aromatic N) is 2. The summed E-state index contributed by atoms with van der Waals surface area (Å²) in [5, 5.41) is 7.29. The molecule has 1 saturated carbocycles. The second-order valence-corrected chi connectivity index (χ2v) is 5.81. The molecule has 4 nitrogen and oxygen atoms in total. The van der Waals surface area contributed by atoms with Crippen molar-refractivity contribution in [3.05, 3.63) is 56.7 Å². The summed E-state index contributed by atoms with van der Waals surface area (Å²) in [5.74, 6) is -0.353. The van der Waals surface area contributed by atoms with Crippen LogP contribution in [-0.4, -0.2) is 15.8 Å². The van der Waals surface area contributed by atoms with Crippen LogP contribution in [0.3, 0.4) is 0 Å². The standard InChI is InChI=1S/C14H13BrFN3O/c15-10-2-1-9(13(16)5-10)8-19-14(20)6-12(7-17-19)18-11-3-4-11/h1-2,5-7,11,18H,3-4,8H2. The molecule has 1 aliphatic rings. The molecule has 1 heterocycles. The van der Waals surface area contributed by atoms with E-state index in [1.807, 2.05) is 0 Å². The molecule has 2 aromatic rings. The highest BCUT2D eigenvalue weighted by Crippen LogP contribution is 2.23. The molecule has 6 heteroatoms. The summed E-state index contributed by atoms with van der Waals surface area (Å²) in [6, 6.07) is 6.73. The molecule has 0 saturated heterocycles. The van der Waals surface area contributed by atoms with Crippen molar-refractivity contribution >= 4 is 21.6 Å². The molecule has 1 aromatic heterocycles. The van der Waals surface area contributed by atoms with E-state index in [0.717, 1.165) is 18.5 Å². The fourth-order valence-electron chi connectivity index (χ4n) is 1.91. The maximum atomic E-state index is 13.7. The fraction of sp³-hybridized carbons (Fsp3) is 0.286. The lowest BCUT2D eigenvalue weighted by molar-refractivity contribution is 0.572. The SMILES string of the molecule is O=c1cc(NC2CC2)cnn1Cc1ccc(Br)cc1F. The largest absolute Gasteiger partial charge is 0.381 e. The number of hydrogen-bond donors (Lipinski definition) is 1. The lowest BCUT2D eigenvalue weighted by Crippen LogP contribution is -2.23. The highest BCUT2D eigenvalue weighted by atomic mass is 79.9. The van der Waals surface area contributed by atoms with Gasteiger partial charge in [0.15, 0.2) is 0 Å². The minimum atomic E-state index is -0.353. The first kappa shape index (κ1) is 13.3. The van der Waals surface area contributed by atoms with Crippen LogP contribution in [0.4, 0.5) is 10.1 Å². The number of nitrogens with one attached hydrogen (secondary N) is 1. The molecule has 1 aromatic carbocycles. The van der Waals surface area contributed by atoms with E-state index in [0.29, 0.717) is 16.1 Å². The van der Waals surface area contributed by atoms with Gasteiger partial charge in [0.1, 0.15) is 5.82 Å². The Morgan fingerprint density at radius 1 is 1.40 bits per heavy atom. The zero-order chi connectivity index (χ0) is 14.1. The van der Waals surface area contributed by atoms with Gasteiger partial charge in [-0.1, -0.05) is 22.0 Å². The van der Waals surface area contributed by atoms with Crippen molar-refractivity contribution in [2.75, 3.05) is 5.32 Å². The molecule has 1 fully saturated rings. The lowest BCUT2D eigenvalue weighted by atomic mass is 10.2. The quantitative estimate of drug-likeness (QED) is 0.933. The Hall–Kier alpha value is -1.69. The Labute approximate surface area is 123 Å². The lowest BCUT2D eigenvalue weighted by Gasteiger charge is -2.08. The van der Waals surface area contributed by atoms with Crippen LogP contribution < -0.4 is 10.9 Å². The highest BCUT2D eigenvalue weighted by Gasteiger charge is 2.21. The molecule has 0 atom stereocenters. The predicted molar refractivity (Wildman–Crippen MR) is 78.3 cm³/mol. The van der Waals surface area contributed by atoms with Crippen LogP contribution in [-0.2, 0) is 6.54 Å². The van der Waals surface area contributed by atoms with E-state index in [1.54, 1.807) is 18.3 Å². The van der Waals surface area contributed by atoms with Crippen molar-refractivity contribution in [1.29, 1.82) is 0 Å². The maximum Gasteiger partial charge on any atom is 0.269 e. The van der Waals surface area contributed by atoms with E-state index in [1.165, 1.54) is 16.8 Å². The Bertz CT molecular complexity index is 697. The van der Waals surface area contributed by atoms with Gasteiger partial charge in [-0.05, 0) is 25.0 Å². The fourth-order valence-corrected chi connectivity index (χ4v) is 2.24. The number of rotatable bonds is 4. The Morgan fingerprint density at radius 3 is 2.85 bits per heavy atom. The van der Waals surface area contributed by atoms with Crippen LogP contribution in [0.25, 0.3) is 0 Å². The summed E-state index contributed by atoms with van der Waals surface area (Å²) < 4.78 is 15.7.